The van der Waals surface area contributed by atoms with Gasteiger partial charge in [0.25, 0.3) is 10.0 Å². The summed E-state index contributed by atoms with van der Waals surface area (Å²) in [7, 11) is -4.17. The Labute approximate surface area is 240 Å². The number of halogens is 2. The smallest absolute Gasteiger partial charge is 0.264 e. The highest BCUT2D eigenvalue weighted by atomic mass is 35.5. The number of nitrogens with zero attached hydrogens (tertiary/aromatic N) is 2. The highest BCUT2D eigenvalue weighted by molar-refractivity contribution is 7.92. The second kappa shape index (κ2) is 13.3. The van der Waals surface area contributed by atoms with Crippen molar-refractivity contribution in [2.45, 2.75) is 62.6 Å². The van der Waals surface area contributed by atoms with E-state index in [2.05, 4.69) is 5.32 Å². The quantitative estimate of drug-likeness (QED) is 0.320. The van der Waals surface area contributed by atoms with Crippen molar-refractivity contribution in [3.05, 3.63) is 95.3 Å². The molecular formula is C30H33ClFN3O4S. The molecule has 0 saturated heterocycles. The molecule has 1 saturated carbocycles. The SMILES string of the molecule is CC[C@@H](C(=O)NC1CCCC1)N(Cc1ccc(F)cc1)C(=O)CN(c1cccc(Cl)c1)S(=O)(=O)c1ccccc1. The Hall–Kier alpha value is -3.43. The third kappa shape index (κ3) is 7.20. The molecule has 0 aliphatic heterocycles. The summed E-state index contributed by atoms with van der Waals surface area (Å²) in [4.78, 5) is 28.9. The molecule has 0 unspecified atom stereocenters. The highest BCUT2D eigenvalue weighted by Crippen LogP contribution is 2.27. The lowest BCUT2D eigenvalue weighted by atomic mass is 10.1. The predicted octanol–water partition coefficient (Wildman–Crippen LogP) is 5.54. The highest BCUT2D eigenvalue weighted by Gasteiger charge is 2.34. The van der Waals surface area contributed by atoms with Gasteiger partial charge in [0.15, 0.2) is 0 Å². The number of carbonyl (C=O) groups is 2. The van der Waals surface area contributed by atoms with Crippen molar-refractivity contribution < 1.29 is 22.4 Å². The van der Waals surface area contributed by atoms with Gasteiger partial charge in [0.1, 0.15) is 18.4 Å². The molecule has 0 spiro atoms. The molecule has 0 aromatic heterocycles. The summed E-state index contributed by atoms with van der Waals surface area (Å²) in [5, 5.41) is 3.38. The number of sulfonamides is 1. The zero-order valence-electron chi connectivity index (χ0n) is 22.3. The Bertz CT molecular complexity index is 1410. The number of rotatable bonds is 11. The average Bonchev–Trinajstić information content (AvgIpc) is 3.46. The predicted molar refractivity (Wildman–Crippen MR) is 154 cm³/mol. The van der Waals surface area contributed by atoms with Crippen molar-refractivity contribution in [1.29, 1.82) is 0 Å². The Morgan fingerprint density at radius 2 is 1.68 bits per heavy atom. The lowest BCUT2D eigenvalue weighted by Gasteiger charge is -2.33. The van der Waals surface area contributed by atoms with Crippen molar-refractivity contribution >= 4 is 39.1 Å². The van der Waals surface area contributed by atoms with Crippen LogP contribution >= 0.6 is 11.6 Å². The number of hydrogen-bond acceptors (Lipinski definition) is 4. The summed E-state index contributed by atoms with van der Waals surface area (Å²) >= 11 is 6.20. The maximum Gasteiger partial charge on any atom is 0.264 e. The first-order valence-corrected chi connectivity index (χ1v) is 15.2. The van der Waals surface area contributed by atoms with Gasteiger partial charge in [0, 0.05) is 17.6 Å². The summed E-state index contributed by atoms with van der Waals surface area (Å²) in [5.41, 5.74) is 0.831. The van der Waals surface area contributed by atoms with Gasteiger partial charge in [-0.3, -0.25) is 13.9 Å². The van der Waals surface area contributed by atoms with Gasteiger partial charge in [0.05, 0.1) is 10.6 Å². The molecule has 2 amide bonds. The van der Waals surface area contributed by atoms with Gasteiger partial charge in [-0.1, -0.05) is 67.8 Å². The van der Waals surface area contributed by atoms with Gasteiger partial charge < -0.3 is 10.2 Å². The van der Waals surface area contributed by atoms with Crippen LogP contribution in [0.25, 0.3) is 0 Å². The van der Waals surface area contributed by atoms with Gasteiger partial charge in [-0.15, -0.1) is 0 Å². The molecule has 212 valence electrons. The molecule has 1 fully saturated rings. The van der Waals surface area contributed by atoms with Crippen LogP contribution in [0.4, 0.5) is 10.1 Å². The second-order valence-corrected chi connectivity index (χ2v) is 12.2. The summed E-state index contributed by atoms with van der Waals surface area (Å²) < 4.78 is 42.2. The molecule has 40 heavy (non-hydrogen) atoms. The van der Waals surface area contributed by atoms with Gasteiger partial charge in [-0.05, 0) is 67.3 Å². The molecule has 0 heterocycles. The van der Waals surface area contributed by atoms with Crippen LogP contribution in [0, 0.1) is 5.82 Å². The third-order valence-corrected chi connectivity index (χ3v) is 9.08. The molecular weight excluding hydrogens is 553 g/mol. The van der Waals surface area contributed by atoms with Crippen LogP contribution in [0.15, 0.2) is 83.8 Å². The largest absolute Gasteiger partial charge is 0.352 e. The second-order valence-electron chi connectivity index (χ2n) is 9.87. The first-order valence-electron chi connectivity index (χ1n) is 13.4. The zero-order chi connectivity index (χ0) is 28.7. The number of hydrogen-bond donors (Lipinski definition) is 1. The molecule has 1 atom stereocenters. The van der Waals surface area contributed by atoms with E-state index >= 15 is 0 Å². The molecule has 4 rings (SSSR count). The minimum Gasteiger partial charge on any atom is -0.352 e. The van der Waals surface area contributed by atoms with E-state index in [0.29, 0.717) is 17.0 Å². The van der Waals surface area contributed by atoms with E-state index in [-0.39, 0.29) is 29.1 Å². The van der Waals surface area contributed by atoms with Gasteiger partial charge >= 0.3 is 0 Å². The lowest BCUT2D eigenvalue weighted by molar-refractivity contribution is -0.140. The van der Waals surface area contributed by atoms with E-state index in [1.165, 1.54) is 35.2 Å². The summed E-state index contributed by atoms with van der Waals surface area (Å²) in [6.07, 6.45) is 4.14. The lowest BCUT2D eigenvalue weighted by Crippen LogP contribution is -2.53. The zero-order valence-corrected chi connectivity index (χ0v) is 23.9. The minimum atomic E-state index is -4.17. The molecule has 3 aromatic carbocycles. The molecule has 3 aromatic rings. The molecule has 0 bridgehead atoms. The van der Waals surface area contributed by atoms with E-state index < -0.39 is 34.3 Å². The Morgan fingerprint density at radius 3 is 2.30 bits per heavy atom. The fourth-order valence-corrected chi connectivity index (χ4v) is 6.56. The number of amides is 2. The maximum atomic E-state index is 14.0. The third-order valence-electron chi connectivity index (χ3n) is 7.06. The van der Waals surface area contributed by atoms with Crippen molar-refractivity contribution in [2.75, 3.05) is 10.8 Å². The monoisotopic (exact) mass is 585 g/mol. The number of benzene rings is 3. The van der Waals surface area contributed by atoms with Crippen LogP contribution in [0.2, 0.25) is 5.02 Å². The summed E-state index contributed by atoms with van der Waals surface area (Å²) in [6.45, 7) is 1.25. The number of anilines is 1. The normalized spacial score (nSPS) is 14.5. The van der Waals surface area contributed by atoms with Crippen molar-refractivity contribution in [2.24, 2.45) is 0 Å². The van der Waals surface area contributed by atoms with Gasteiger partial charge in [-0.25, -0.2) is 12.8 Å². The van der Waals surface area contributed by atoms with Crippen LogP contribution in [0.5, 0.6) is 0 Å². The van der Waals surface area contributed by atoms with Crippen LogP contribution in [0.3, 0.4) is 0 Å². The van der Waals surface area contributed by atoms with E-state index in [0.717, 1.165) is 30.0 Å². The molecule has 10 heteroatoms. The van der Waals surface area contributed by atoms with E-state index in [9.17, 15) is 22.4 Å². The van der Waals surface area contributed by atoms with E-state index in [1.54, 1.807) is 55.5 Å². The van der Waals surface area contributed by atoms with Gasteiger partial charge in [0.2, 0.25) is 11.8 Å². The average molecular weight is 586 g/mol. The van der Waals surface area contributed by atoms with E-state index in [4.69, 9.17) is 11.6 Å². The fraction of sp³-hybridized carbons (Fsp3) is 0.333. The van der Waals surface area contributed by atoms with Gasteiger partial charge in [-0.2, -0.15) is 0 Å². The minimum absolute atomic E-state index is 0.00444. The number of carbonyl (C=O) groups excluding carboxylic acids is 2. The van der Waals surface area contributed by atoms with Crippen molar-refractivity contribution in [3.63, 3.8) is 0 Å². The maximum absolute atomic E-state index is 14.0. The van der Waals surface area contributed by atoms with Crippen LogP contribution in [0.1, 0.15) is 44.6 Å². The number of nitrogens with one attached hydrogen (secondary N) is 1. The topological polar surface area (TPSA) is 86.8 Å². The first-order chi connectivity index (χ1) is 19.2. The van der Waals surface area contributed by atoms with Crippen molar-refractivity contribution in [1.82, 2.24) is 10.2 Å². The standard InChI is InChI=1S/C30H33ClFN3O4S/c1-2-28(30(37)33-25-10-6-7-11-25)34(20-22-15-17-24(32)18-16-22)29(36)21-35(26-12-8-9-23(31)19-26)40(38,39)27-13-4-3-5-14-27/h3-5,8-9,12-19,25,28H,2,6-7,10-11,20-21H2,1H3,(H,33,37)/t28-/m0/s1. The van der Waals surface area contributed by atoms with Crippen LogP contribution in [-0.4, -0.2) is 43.8 Å². The summed E-state index contributed by atoms with van der Waals surface area (Å²) in [6, 6.07) is 18.9. The fourth-order valence-electron chi connectivity index (χ4n) is 4.95. The Balaban J connectivity index is 1.70. The Kier molecular flexibility index (Phi) is 9.81. The van der Waals surface area contributed by atoms with E-state index in [1.807, 2.05) is 0 Å². The van der Waals surface area contributed by atoms with Crippen molar-refractivity contribution in [3.8, 4) is 0 Å². The van der Waals surface area contributed by atoms with Crippen LogP contribution in [-0.2, 0) is 26.2 Å². The van der Waals surface area contributed by atoms with Crippen LogP contribution < -0.4 is 9.62 Å². The Morgan fingerprint density at radius 1 is 1.00 bits per heavy atom. The molecule has 1 aliphatic rings. The first kappa shape index (κ1) is 29.6. The molecule has 0 radical (unpaired) electrons. The summed E-state index contributed by atoms with van der Waals surface area (Å²) in [5.74, 6) is -1.28. The molecule has 1 N–H and O–H groups in total. The molecule has 7 nitrogen and oxygen atoms in total. The molecule has 1 aliphatic carbocycles.